The van der Waals surface area contributed by atoms with E-state index in [1.165, 1.54) is 16.4 Å². The Labute approximate surface area is 198 Å². The second kappa shape index (κ2) is 10.8. The van der Waals surface area contributed by atoms with Gasteiger partial charge in [-0.3, -0.25) is 9.59 Å². The van der Waals surface area contributed by atoms with E-state index in [1.807, 2.05) is 13.8 Å². The smallest absolute Gasteiger partial charge is 0.374 e. The van der Waals surface area contributed by atoms with Crippen LogP contribution >= 0.6 is 0 Å². The van der Waals surface area contributed by atoms with Crippen LogP contribution in [0.5, 0.6) is 0 Å². The number of furan rings is 1. The molecule has 2 aromatic rings. The highest BCUT2D eigenvalue weighted by atomic mass is 32.2. The first kappa shape index (κ1) is 25.4. The van der Waals surface area contributed by atoms with E-state index >= 15 is 0 Å². The summed E-state index contributed by atoms with van der Waals surface area (Å²) in [5.41, 5.74) is 1.81. The average molecular weight is 492 g/mol. The zero-order valence-corrected chi connectivity index (χ0v) is 20.2. The molecule has 0 spiro atoms. The standard InChI is InChI=1S/C23H29N3O7S/c1-4-24-21(27)17-7-6-15(3)18(14-17)25-22(28)16-10-12-26(13-11-16)34(30,31)20-9-8-19(33-20)23(29)32-5-2/h6-9,14,16H,4-5,10-13H2,1-3H3,(H,24,27)(H,25,28). The van der Waals surface area contributed by atoms with Crippen LogP contribution in [0.4, 0.5) is 5.69 Å². The molecule has 1 saturated heterocycles. The number of aryl methyl sites for hydroxylation is 1. The molecule has 11 heteroatoms. The zero-order chi connectivity index (χ0) is 24.9. The summed E-state index contributed by atoms with van der Waals surface area (Å²) >= 11 is 0. The molecule has 10 nitrogen and oxygen atoms in total. The Morgan fingerprint density at radius 2 is 1.82 bits per heavy atom. The number of rotatable bonds is 8. The Morgan fingerprint density at radius 1 is 1.12 bits per heavy atom. The van der Waals surface area contributed by atoms with Gasteiger partial charge < -0.3 is 19.8 Å². The first-order valence-electron chi connectivity index (χ1n) is 11.1. The lowest BCUT2D eigenvalue weighted by atomic mass is 9.97. The first-order chi connectivity index (χ1) is 16.2. The van der Waals surface area contributed by atoms with E-state index in [0.717, 1.165) is 5.56 Å². The van der Waals surface area contributed by atoms with Crippen LogP contribution in [0.1, 0.15) is 53.2 Å². The number of hydrogen-bond donors (Lipinski definition) is 2. The van der Waals surface area contributed by atoms with Crippen molar-refractivity contribution in [1.82, 2.24) is 9.62 Å². The predicted octanol–water partition coefficient (Wildman–Crippen LogP) is 2.55. The van der Waals surface area contributed by atoms with Crippen LogP contribution < -0.4 is 10.6 Å². The Bertz CT molecular complexity index is 1160. The zero-order valence-electron chi connectivity index (χ0n) is 19.4. The second-order valence-corrected chi connectivity index (χ2v) is 9.76. The molecule has 0 bridgehead atoms. The van der Waals surface area contributed by atoms with Crippen molar-refractivity contribution >= 4 is 33.5 Å². The van der Waals surface area contributed by atoms with Crippen molar-refractivity contribution < 1.29 is 32.0 Å². The lowest BCUT2D eigenvalue weighted by Crippen LogP contribution is -2.41. The van der Waals surface area contributed by atoms with Gasteiger partial charge in [0.25, 0.3) is 15.9 Å². The van der Waals surface area contributed by atoms with E-state index in [2.05, 4.69) is 10.6 Å². The van der Waals surface area contributed by atoms with Crippen LogP contribution in [0.25, 0.3) is 0 Å². The third-order valence-electron chi connectivity index (χ3n) is 5.57. The molecule has 1 fully saturated rings. The van der Waals surface area contributed by atoms with Gasteiger partial charge in [-0.2, -0.15) is 4.31 Å². The minimum Gasteiger partial charge on any atom is -0.460 e. The van der Waals surface area contributed by atoms with Crippen molar-refractivity contribution in [2.45, 2.75) is 38.7 Å². The Hall–Kier alpha value is -3.18. The molecular weight excluding hydrogens is 462 g/mol. The number of piperidine rings is 1. The highest BCUT2D eigenvalue weighted by Crippen LogP contribution is 2.27. The molecule has 1 aliphatic heterocycles. The number of ether oxygens (including phenoxy) is 1. The van der Waals surface area contributed by atoms with Crippen LogP contribution in [-0.4, -0.2) is 56.7 Å². The Kier molecular flexibility index (Phi) is 8.11. The number of carbonyl (C=O) groups is 3. The van der Waals surface area contributed by atoms with Crippen molar-refractivity contribution in [2.24, 2.45) is 5.92 Å². The SMILES string of the molecule is CCNC(=O)c1ccc(C)c(NC(=O)C2CCN(S(=O)(=O)c3ccc(C(=O)OCC)o3)CC2)c1. The molecule has 2 amide bonds. The van der Waals surface area contributed by atoms with Crippen molar-refractivity contribution in [3.63, 3.8) is 0 Å². The summed E-state index contributed by atoms with van der Waals surface area (Å²) in [5.74, 6) is -1.74. The lowest BCUT2D eigenvalue weighted by Gasteiger charge is -2.30. The van der Waals surface area contributed by atoms with Crippen molar-refractivity contribution in [2.75, 3.05) is 31.6 Å². The monoisotopic (exact) mass is 491 g/mol. The third-order valence-corrected chi connectivity index (χ3v) is 7.34. The van der Waals surface area contributed by atoms with Crippen molar-refractivity contribution in [3.05, 3.63) is 47.2 Å². The van der Waals surface area contributed by atoms with Gasteiger partial charge in [-0.25, -0.2) is 13.2 Å². The third kappa shape index (κ3) is 5.65. The average Bonchev–Trinajstić information content (AvgIpc) is 3.32. The van der Waals surface area contributed by atoms with Crippen LogP contribution in [-0.2, 0) is 19.6 Å². The summed E-state index contributed by atoms with van der Waals surface area (Å²) in [6.07, 6.45) is 0.650. The molecule has 0 unspecified atom stereocenters. The fourth-order valence-electron chi connectivity index (χ4n) is 3.65. The number of nitrogens with one attached hydrogen (secondary N) is 2. The molecule has 3 rings (SSSR count). The number of amides is 2. The summed E-state index contributed by atoms with van der Waals surface area (Å²) in [5, 5.41) is 5.26. The Balaban J connectivity index is 1.62. The normalized spacial score (nSPS) is 15.0. The predicted molar refractivity (Wildman–Crippen MR) is 124 cm³/mol. The number of carbonyl (C=O) groups excluding carboxylic acids is 3. The van der Waals surface area contributed by atoms with E-state index in [9.17, 15) is 22.8 Å². The molecule has 1 aromatic carbocycles. The Morgan fingerprint density at radius 3 is 2.47 bits per heavy atom. The molecule has 2 N–H and O–H groups in total. The van der Waals surface area contributed by atoms with Gasteiger partial charge in [0, 0.05) is 36.8 Å². The minimum absolute atomic E-state index is 0.133. The van der Waals surface area contributed by atoms with Gasteiger partial charge in [0.05, 0.1) is 6.61 Å². The maximum absolute atomic E-state index is 12.9. The van der Waals surface area contributed by atoms with Gasteiger partial charge in [-0.05, 0) is 63.4 Å². The maximum Gasteiger partial charge on any atom is 0.374 e. The van der Waals surface area contributed by atoms with E-state index < -0.39 is 16.0 Å². The molecular formula is C23H29N3O7S. The summed E-state index contributed by atoms with van der Waals surface area (Å²) < 4.78 is 37.1. The first-order valence-corrected chi connectivity index (χ1v) is 12.6. The maximum atomic E-state index is 12.9. The second-order valence-electron chi connectivity index (χ2n) is 7.90. The molecule has 0 radical (unpaired) electrons. The molecule has 184 valence electrons. The lowest BCUT2D eigenvalue weighted by molar-refractivity contribution is -0.120. The van der Waals surface area contributed by atoms with E-state index in [-0.39, 0.29) is 48.3 Å². The van der Waals surface area contributed by atoms with Gasteiger partial charge in [0.15, 0.2) is 0 Å². The number of sulfonamides is 1. The molecule has 2 heterocycles. The number of hydrogen-bond acceptors (Lipinski definition) is 7. The van der Waals surface area contributed by atoms with E-state index in [1.54, 1.807) is 25.1 Å². The van der Waals surface area contributed by atoms with Crippen molar-refractivity contribution in [1.29, 1.82) is 0 Å². The summed E-state index contributed by atoms with van der Waals surface area (Å²) in [6.45, 7) is 6.21. The minimum atomic E-state index is -3.94. The molecule has 1 aromatic heterocycles. The van der Waals surface area contributed by atoms with Gasteiger partial charge in [-0.1, -0.05) is 6.07 Å². The van der Waals surface area contributed by atoms with Gasteiger partial charge in [0.1, 0.15) is 0 Å². The summed E-state index contributed by atoms with van der Waals surface area (Å²) in [6, 6.07) is 7.59. The highest BCUT2D eigenvalue weighted by Gasteiger charge is 2.34. The summed E-state index contributed by atoms with van der Waals surface area (Å²) in [4.78, 5) is 36.7. The summed E-state index contributed by atoms with van der Waals surface area (Å²) in [7, 11) is -3.94. The quantitative estimate of drug-likeness (QED) is 0.542. The molecule has 34 heavy (non-hydrogen) atoms. The molecule has 0 aliphatic carbocycles. The fraction of sp³-hybridized carbons (Fsp3) is 0.435. The molecule has 0 saturated carbocycles. The largest absolute Gasteiger partial charge is 0.460 e. The van der Waals surface area contributed by atoms with E-state index in [0.29, 0.717) is 30.6 Å². The van der Waals surface area contributed by atoms with Crippen LogP contribution in [0.15, 0.2) is 39.8 Å². The number of anilines is 1. The van der Waals surface area contributed by atoms with E-state index in [4.69, 9.17) is 9.15 Å². The molecule has 1 aliphatic rings. The highest BCUT2D eigenvalue weighted by molar-refractivity contribution is 7.89. The fourth-order valence-corrected chi connectivity index (χ4v) is 5.03. The van der Waals surface area contributed by atoms with Crippen LogP contribution in [0, 0.1) is 12.8 Å². The topological polar surface area (TPSA) is 135 Å². The van der Waals surface area contributed by atoms with Crippen molar-refractivity contribution in [3.8, 4) is 0 Å². The number of benzene rings is 1. The van der Waals surface area contributed by atoms with Crippen LogP contribution in [0.2, 0.25) is 0 Å². The number of esters is 1. The molecule has 0 atom stereocenters. The van der Waals surface area contributed by atoms with Gasteiger partial charge in [-0.15, -0.1) is 0 Å². The van der Waals surface area contributed by atoms with Gasteiger partial charge >= 0.3 is 5.97 Å². The van der Waals surface area contributed by atoms with Gasteiger partial charge in [0.2, 0.25) is 16.8 Å². The number of nitrogens with zero attached hydrogens (tertiary/aromatic N) is 1. The van der Waals surface area contributed by atoms with Crippen LogP contribution in [0.3, 0.4) is 0 Å².